The molecule has 1 saturated heterocycles. The van der Waals surface area contributed by atoms with Crippen LogP contribution >= 0.6 is 0 Å². The van der Waals surface area contributed by atoms with Crippen molar-refractivity contribution in [3.8, 4) is 0 Å². The van der Waals surface area contributed by atoms with Crippen LogP contribution in [0.2, 0.25) is 0 Å². The topological polar surface area (TPSA) is 63.9 Å². The molecule has 1 aliphatic heterocycles. The van der Waals surface area contributed by atoms with Gasteiger partial charge in [0.1, 0.15) is 5.82 Å². The van der Waals surface area contributed by atoms with Crippen molar-refractivity contribution in [3.05, 3.63) is 51.5 Å². The van der Waals surface area contributed by atoms with Crippen LogP contribution in [0.3, 0.4) is 0 Å². The summed E-state index contributed by atoms with van der Waals surface area (Å²) < 4.78 is 1.71. The highest BCUT2D eigenvalue weighted by atomic mass is 16.1. The van der Waals surface area contributed by atoms with Crippen molar-refractivity contribution in [2.75, 3.05) is 6.54 Å². The maximum Gasteiger partial charge on any atom is 0.267 e. The van der Waals surface area contributed by atoms with Gasteiger partial charge in [-0.3, -0.25) is 9.69 Å². The SMILES string of the molecule is O=c1cc2c(nn1CC1CCCN1Cc1ccnc(C3CC3)n1)CCCC2. The molecular formula is C21H27N5O. The maximum atomic E-state index is 12.5. The van der Waals surface area contributed by atoms with Gasteiger partial charge in [0.25, 0.3) is 5.56 Å². The summed E-state index contributed by atoms with van der Waals surface area (Å²) in [6.07, 6.45) is 11.0. The van der Waals surface area contributed by atoms with Crippen LogP contribution in [0.4, 0.5) is 0 Å². The van der Waals surface area contributed by atoms with Crippen LogP contribution in [-0.4, -0.2) is 37.2 Å². The molecule has 0 radical (unpaired) electrons. The summed E-state index contributed by atoms with van der Waals surface area (Å²) in [7, 11) is 0. The van der Waals surface area contributed by atoms with Gasteiger partial charge in [-0.25, -0.2) is 14.6 Å². The molecular weight excluding hydrogens is 338 g/mol. The number of fused-ring (bicyclic) bond motifs is 1. The molecule has 0 bridgehead atoms. The van der Waals surface area contributed by atoms with E-state index >= 15 is 0 Å². The van der Waals surface area contributed by atoms with E-state index in [0.29, 0.717) is 18.5 Å². The van der Waals surface area contributed by atoms with E-state index in [9.17, 15) is 4.79 Å². The summed E-state index contributed by atoms with van der Waals surface area (Å²) in [6.45, 7) is 2.59. The van der Waals surface area contributed by atoms with Crippen molar-refractivity contribution in [2.24, 2.45) is 0 Å². The summed E-state index contributed by atoms with van der Waals surface area (Å²) in [4.78, 5) is 24.2. The third kappa shape index (κ3) is 3.68. The lowest BCUT2D eigenvalue weighted by Gasteiger charge is -2.25. The lowest BCUT2D eigenvalue weighted by molar-refractivity contribution is 0.213. The molecule has 1 atom stereocenters. The molecule has 0 spiro atoms. The quantitative estimate of drug-likeness (QED) is 0.814. The van der Waals surface area contributed by atoms with E-state index < -0.39 is 0 Å². The second kappa shape index (κ2) is 7.15. The molecule has 142 valence electrons. The number of aryl methyl sites for hydroxylation is 2. The molecule has 2 fully saturated rings. The summed E-state index contributed by atoms with van der Waals surface area (Å²) in [5.74, 6) is 1.59. The number of aromatic nitrogens is 4. The van der Waals surface area contributed by atoms with Gasteiger partial charge in [-0.15, -0.1) is 0 Å². The van der Waals surface area contributed by atoms with Gasteiger partial charge in [-0.05, 0) is 69.5 Å². The third-order valence-electron chi connectivity index (χ3n) is 6.20. The Bertz CT molecular complexity index is 888. The standard InChI is InChI=1S/C21H27N5O/c27-20-12-16-4-1-2-6-19(16)24-26(20)14-18-5-3-11-25(18)13-17-9-10-22-21(23-17)15-7-8-15/h9-10,12,15,18H,1-8,11,13-14H2. The first-order valence-electron chi connectivity index (χ1n) is 10.4. The molecule has 0 aromatic carbocycles. The van der Waals surface area contributed by atoms with E-state index in [2.05, 4.69) is 9.88 Å². The van der Waals surface area contributed by atoms with Crippen LogP contribution in [0, 0.1) is 0 Å². The number of rotatable bonds is 5. The van der Waals surface area contributed by atoms with Crippen molar-refractivity contribution in [2.45, 2.75) is 76.4 Å². The van der Waals surface area contributed by atoms with Crippen LogP contribution in [0.15, 0.2) is 23.1 Å². The third-order valence-corrected chi connectivity index (χ3v) is 6.20. The molecule has 2 aliphatic carbocycles. The van der Waals surface area contributed by atoms with E-state index in [1.54, 1.807) is 4.68 Å². The first kappa shape index (κ1) is 17.0. The monoisotopic (exact) mass is 365 g/mol. The highest BCUT2D eigenvalue weighted by Crippen LogP contribution is 2.37. The van der Waals surface area contributed by atoms with E-state index in [-0.39, 0.29) is 5.56 Å². The van der Waals surface area contributed by atoms with Crippen molar-refractivity contribution in [1.29, 1.82) is 0 Å². The Hall–Kier alpha value is -2.08. The molecule has 0 N–H and O–H groups in total. The van der Waals surface area contributed by atoms with Crippen LogP contribution in [-0.2, 0) is 25.9 Å². The Balaban J connectivity index is 1.31. The molecule has 2 aromatic rings. The van der Waals surface area contributed by atoms with Crippen LogP contribution in [0.1, 0.15) is 67.2 Å². The normalized spacial score (nSPS) is 22.7. The number of hydrogen-bond acceptors (Lipinski definition) is 5. The van der Waals surface area contributed by atoms with E-state index in [1.165, 1.54) is 37.7 Å². The molecule has 1 saturated carbocycles. The zero-order valence-electron chi connectivity index (χ0n) is 15.8. The van der Waals surface area contributed by atoms with Crippen molar-refractivity contribution >= 4 is 0 Å². The van der Waals surface area contributed by atoms with Gasteiger partial charge in [-0.2, -0.15) is 5.10 Å². The zero-order chi connectivity index (χ0) is 18.2. The predicted octanol–water partition coefficient (Wildman–Crippen LogP) is 2.45. The summed E-state index contributed by atoms with van der Waals surface area (Å²) in [5, 5.41) is 4.72. The Morgan fingerprint density at radius 1 is 1.11 bits per heavy atom. The second-order valence-electron chi connectivity index (χ2n) is 8.29. The van der Waals surface area contributed by atoms with E-state index in [1.807, 2.05) is 18.3 Å². The average molecular weight is 365 g/mol. The molecule has 27 heavy (non-hydrogen) atoms. The molecule has 5 rings (SSSR count). The fraction of sp³-hybridized carbons (Fsp3) is 0.619. The summed E-state index contributed by atoms with van der Waals surface area (Å²) in [6, 6.07) is 4.22. The Kier molecular flexibility index (Phi) is 4.52. The molecule has 3 aliphatic rings. The van der Waals surface area contributed by atoms with E-state index in [4.69, 9.17) is 10.1 Å². The second-order valence-corrected chi connectivity index (χ2v) is 8.29. The van der Waals surface area contributed by atoms with Gasteiger partial charge in [0.15, 0.2) is 0 Å². The highest BCUT2D eigenvalue weighted by molar-refractivity contribution is 5.20. The lowest BCUT2D eigenvalue weighted by atomic mass is 9.97. The van der Waals surface area contributed by atoms with Gasteiger partial charge in [0, 0.05) is 30.8 Å². The molecule has 2 aromatic heterocycles. The minimum Gasteiger partial charge on any atom is -0.293 e. The Morgan fingerprint density at radius 3 is 2.89 bits per heavy atom. The molecule has 3 heterocycles. The van der Waals surface area contributed by atoms with Crippen molar-refractivity contribution in [1.82, 2.24) is 24.6 Å². The first-order chi connectivity index (χ1) is 13.3. The van der Waals surface area contributed by atoms with Gasteiger partial charge in [-0.1, -0.05) is 0 Å². The van der Waals surface area contributed by atoms with Crippen molar-refractivity contribution < 1.29 is 0 Å². The average Bonchev–Trinajstić information content (AvgIpc) is 3.45. The maximum absolute atomic E-state index is 12.5. The number of likely N-dealkylation sites (tertiary alicyclic amines) is 1. The van der Waals surface area contributed by atoms with Crippen LogP contribution in [0.25, 0.3) is 0 Å². The van der Waals surface area contributed by atoms with Gasteiger partial charge in [0.2, 0.25) is 0 Å². The summed E-state index contributed by atoms with van der Waals surface area (Å²) >= 11 is 0. The van der Waals surface area contributed by atoms with Crippen LogP contribution in [0.5, 0.6) is 0 Å². The minimum absolute atomic E-state index is 0.0561. The smallest absolute Gasteiger partial charge is 0.267 e. The molecule has 1 unspecified atom stereocenters. The zero-order valence-corrected chi connectivity index (χ0v) is 15.8. The lowest BCUT2D eigenvalue weighted by Crippen LogP contribution is -2.37. The Morgan fingerprint density at radius 2 is 2.00 bits per heavy atom. The first-order valence-corrected chi connectivity index (χ1v) is 10.4. The number of nitrogens with zero attached hydrogens (tertiary/aromatic N) is 5. The molecule has 0 amide bonds. The molecule has 6 nitrogen and oxygen atoms in total. The van der Waals surface area contributed by atoms with Gasteiger partial charge in [0.05, 0.1) is 17.9 Å². The molecule has 6 heteroatoms. The van der Waals surface area contributed by atoms with E-state index in [0.717, 1.165) is 49.6 Å². The summed E-state index contributed by atoms with van der Waals surface area (Å²) in [5.41, 5.74) is 3.46. The fourth-order valence-corrected chi connectivity index (χ4v) is 4.49. The minimum atomic E-state index is 0.0561. The van der Waals surface area contributed by atoms with Crippen LogP contribution < -0.4 is 5.56 Å². The predicted molar refractivity (Wildman–Crippen MR) is 103 cm³/mol. The Labute approximate surface area is 159 Å². The van der Waals surface area contributed by atoms with Gasteiger partial charge >= 0.3 is 0 Å². The largest absolute Gasteiger partial charge is 0.293 e. The fourth-order valence-electron chi connectivity index (χ4n) is 4.49. The van der Waals surface area contributed by atoms with Crippen molar-refractivity contribution in [3.63, 3.8) is 0 Å². The number of hydrogen-bond donors (Lipinski definition) is 0. The van der Waals surface area contributed by atoms with Gasteiger partial charge < -0.3 is 0 Å². The highest BCUT2D eigenvalue weighted by Gasteiger charge is 2.29.